The summed E-state index contributed by atoms with van der Waals surface area (Å²) in [7, 11) is 3.47. The molecule has 0 saturated carbocycles. The average Bonchev–Trinajstić information content (AvgIpc) is 3.00. The van der Waals surface area contributed by atoms with Gasteiger partial charge < -0.3 is 20.4 Å². The van der Waals surface area contributed by atoms with Gasteiger partial charge in [-0.1, -0.05) is 30.3 Å². The van der Waals surface area contributed by atoms with Crippen LogP contribution >= 0.6 is 0 Å². The number of nitrogens with zero attached hydrogens (tertiary/aromatic N) is 1. The maximum absolute atomic E-state index is 5.26. The second kappa shape index (κ2) is 8.43. The Balaban J connectivity index is 1.55. The van der Waals surface area contributed by atoms with Gasteiger partial charge in [0.2, 0.25) is 0 Å². The Hall–Kier alpha value is -2.95. The second-order valence-corrected chi connectivity index (χ2v) is 6.23. The van der Waals surface area contributed by atoms with Gasteiger partial charge in [-0.2, -0.15) is 0 Å². The number of aromatic nitrogens is 1. The summed E-state index contributed by atoms with van der Waals surface area (Å²) in [5, 5.41) is 8.03. The molecule has 3 N–H and O–H groups in total. The van der Waals surface area contributed by atoms with Gasteiger partial charge in [0.15, 0.2) is 5.96 Å². The normalized spacial score (nSPS) is 11.6. The first-order chi connectivity index (χ1) is 12.7. The molecule has 0 unspecified atom stereocenters. The molecule has 0 bridgehead atoms. The number of nitrogens with one attached hydrogen (secondary N) is 3. The van der Waals surface area contributed by atoms with E-state index in [-0.39, 0.29) is 0 Å². The summed E-state index contributed by atoms with van der Waals surface area (Å²) >= 11 is 0. The van der Waals surface area contributed by atoms with E-state index in [0.717, 1.165) is 30.2 Å². The second-order valence-electron chi connectivity index (χ2n) is 6.23. The summed E-state index contributed by atoms with van der Waals surface area (Å²) in [6, 6.07) is 16.5. The minimum atomic E-state index is 0.697. The fourth-order valence-corrected chi connectivity index (χ4v) is 3.15. The molecule has 136 valence electrons. The third-order valence-electron chi connectivity index (χ3n) is 4.51. The van der Waals surface area contributed by atoms with Crippen LogP contribution in [0.4, 0.5) is 0 Å². The molecule has 3 rings (SSSR count). The highest BCUT2D eigenvalue weighted by Gasteiger charge is 2.08. The van der Waals surface area contributed by atoms with Gasteiger partial charge in [-0.05, 0) is 42.7 Å². The van der Waals surface area contributed by atoms with Crippen molar-refractivity contribution < 1.29 is 4.74 Å². The van der Waals surface area contributed by atoms with Crippen LogP contribution in [0, 0.1) is 6.92 Å². The number of guanidine groups is 1. The maximum Gasteiger partial charge on any atom is 0.191 e. The number of aromatic amines is 1. The average molecular weight is 350 g/mol. The molecule has 5 nitrogen and oxygen atoms in total. The highest BCUT2D eigenvalue weighted by atomic mass is 16.5. The van der Waals surface area contributed by atoms with E-state index in [1.54, 1.807) is 14.2 Å². The van der Waals surface area contributed by atoms with Gasteiger partial charge in [0.1, 0.15) is 5.75 Å². The van der Waals surface area contributed by atoms with E-state index >= 15 is 0 Å². The standard InChI is InChI=1S/C21H26N4O/c1-15-18(19-9-4-5-10-20(19)25-15)11-12-23-21(22-2)24-14-16-7-6-8-17(13-16)26-3/h4-10,13,25H,11-12,14H2,1-3H3,(H2,22,23,24). The number of aryl methyl sites for hydroxylation is 1. The van der Waals surface area contributed by atoms with E-state index in [4.69, 9.17) is 4.74 Å². The smallest absolute Gasteiger partial charge is 0.191 e. The Kier molecular flexibility index (Phi) is 5.79. The fourth-order valence-electron chi connectivity index (χ4n) is 3.15. The van der Waals surface area contributed by atoms with E-state index in [1.165, 1.54) is 22.2 Å². The largest absolute Gasteiger partial charge is 0.497 e. The van der Waals surface area contributed by atoms with Crippen molar-refractivity contribution in [3.63, 3.8) is 0 Å². The SMILES string of the molecule is CN=C(NCCc1c(C)[nH]c2ccccc12)NCc1cccc(OC)c1. The summed E-state index contributed by atoms with van der Waals surface area (Å²) in [5.74, 6) is 1.66. The molecule has 0 aliphatic carbocycles. The number of para-hydroxylation sites is 1. The molecule has 0 fully saturated rings. The lowest BCUT2D eigenvalue weighted by Crippen LogP contribution is -2.37. The Morgan fingerprint density at radius 1 is 1.12 bits per heavy atom. The summed E-state index contributed by atoms with van der Waals surface area (Å²) in [6.07, 6.45) is 0.940. The predicted octanol–water partition coefficient (Wildman–Crippen LogP) is 3.39. The predicted molar refractivity (Wildman–Crippen MR) is 108 cm³/mol. The van der Waals surface area contributed by atoms with Gasteiger partial charge in [0.25, 0.3) is 0 Å². The molecule has 0 spiro atoms. The number of hydrogen-bond donors (Lipinski definition) is 3. The van der Waals surface area contributed by atoms with Gasteiger partial charge in [-0.15, -0.1) is 0 Å². The van der Waals surface area contributed by atoms with Crippen LogP contribution in [0.15, 0.2) is 53.5 Å². The van der Waals surface area contributed by atoms with Crippen LogP contribution in [-0.2, 0) is 13.0 Å². The van der Waals surface area contributed by atoms with Crippen LogP contribution in [0.2, 0.25) is 0 Å². The zero-order valence-electron chi connectivity index (χ0n) is 15.6. The van der Waals surface area contributed by atoms with Crippen LogP contribution in [0.1, 0.15) is 16.8 Å². The Morgan fingerprint density at radius 3 is 2.77 bits per heavy atom. The third-order valence-corrected chi connectivity index (χ3v) is 4.51. The number of fused-ring (bicyclic) bond motifs is 1. The van der Waals surface area contributed by atoms with Crippen molar-refractivity contribution in [1.82, 2.24) is 15.6 Å². The highest BCUT2D eigenvalue weighted by Crippen LogP contribution is 2.21. The number of ether oxygens (including phenoxy) is 1. The van der Waals surface area contributed by atoms with Crippen LogP contribution in [-0.4, -0.2) is 31.6 Å². The van der Waals surface area contributed by atoms with Crippen LogP contribution < -0.4 is 15.4 Å². The lowest BCUT2D eigenvalue weighted by molar-refractivity contribution is 0.414. The van der Waals surface area contributed by atoms with Crippen molar-refractivity contribution in [2.45, 2.75) is 19.9 Å². The van der Waals surface area contributed by atoms with Crippen LogP contribution in [0.25, 0.3) is 10.9 Å². The van der Waals surface area contributed by atoms with E-state index < -0.39 is 0 Å². The van der Waals surface area contributed by atoms with Crippen molar-refractivity contribution in [2.24, 2.45) is 4.99 Å². The lowest BCUT2D eigenvalue weighted by Gasteiger charge is -2.12. The van der Waals surface area contributed by atoms with Crippen molar-refractivity contribution in [2.75, 3.05) is 20.7 Å². The maximum atomic E-state index is 5.26. The number of hydrogen-bond acceptors (Lipinski definition) is 2. The van der Waals surface area contributed by atoms with Crippen molar-refractivity contribution >= 4 is 16.9 Å². The van der Waals surface area contributed by atoms with Gasteiger partial charge in [-0.25, -0.2) is 0 Å². The molecular formula is C21H26N4O. The zero-order valence-corrected chi connectivity index (χ0v) is 15.6. The Morgan fingerprint density at radius 2 is 1.96 bits per heavy atom. The van der Waals surface area contributed by atoms with Crippen molar-refractivity contribution in [3.8, 4) is 5.75 Å². The molecule has 1 heterocycles. The minimum Gasteiger partial charge on any atom is -0.497 e. The number of H-pyrrole nitrogens is 1. The Labute approximate surface area is 154 Å². The van der Waals surface area contributed by atoms with Gasteiger partial charge in [0, 0.05) is 36.7 Å². The van der Waals surface area contributed by atoms with E-state index in [0.29, 0.717) is 6.54 Å². The van der Waals surface area contributed by atoms with Gasteiger partial charge in [0.05, 0.1) is 7.11 Å². The molecule has 0 aliphatic heterocycles. The van der Waals surface area contributed by atoms with Crippen LogP contribution in [0.3, 0.4) is 0 Å². The molecule has 5 heteroatoms. The molecule has 0 radical (unpaired) electrons. The number of rotatable bonds is 6. The molecule has 0 amide bonds. The topological polar surface area (TPSA) is 61.4 Å². The number of aliphatic imine (C=N–C) groups is 1. The van der Waals surface area contributed by atoms with Gasteiger partial charge in [-0.3, -0.25) is 4.99 Å². The Bertz CT molecular complexity index is 898. The molecule has 26 heavy (non-hydrogen) atoms. The van der Waals surface area contributed by atoms with Gasteiger partial charge >= 0.3 is 0 Å². The van der Waals surface area contributed by atoms with E-state index in [9.17, 15) is 0 Å². The first-order valence-electron chi connectivity index (χ1n) is 8.85. The van der Waals surface area contributed by atoms with Crippen molar-refractivity contribution in [1.29, 1.82) is 0 Å². The molecular weight excluding hydrogens is 324 g/mol. The minimum absolute atomic E-state index is 0.697. The summed E-state index contributed by atoms with van der Waals surface area (Å²) in [5.41, 5.74) is 4.93. The molecule has 1 aromatic heterocycles. The quantitative estimate of drug-likeness (QED) is 0.472. The third kappa shape index (κ3) is 4.17. The molecule has 0 atom stereocenters. The number of methoxy groups -OCH3 is 1. The van der Waals surface area contributed by atoms with Crippen LogP contribution in [0.5, 0.6) is 5.75 Å². The molecule has 0 saturated heterocycles. The van der Waals surface area contributed by atoms with Crippen molar-refractivity contribution in [3.05, 3.63) is 65.4 Å². The zero-order chi connectivity index (χ0) is 18.4. The first kappa shape index (κ1) is 17.9. The lowest BCUT2D eigenvalue weighted by atomic mass is 10.1. The summed E-state index contributed by atoms with van der Waals surface area (Å²) in [4.78, 5) is 7.76. The molecule has 0 aliphatic rings. The fraction of sp³-hybridized carbons (Fsp3) is 0.286. The summed E-state index contributed by atoms with van der Waals surface area (Å²) < 4.78 is 5.26. The summed E-state index contributed by atoms with van der Waals surface area (Å²) in [6.45, 7) is 3.65. The molecule has 3 aromatic rings. The first-order valence-corrected chi connectivity index (χ1v) is 8.85. The number of benzene rings is 2. The van der Waals surface area contributed by atoms with E-state index in [1.807, 2.05) is 18.2 Å². The molecule has 2 aromatic carbocycles. The highest BCUT2D eigenvalue weighted by molar-refractivity contribution is 5.84. The van der Waals surface area contributed by atoms with E-state index in [2.05, 4.69) is 57.9 Å². The monoisotopic (exact) mass is 350 g/mol.